The van der Waals surface area contributed by atoms with Crippen LogP contribution in [0.3, 0.4) is 0 Å². The number of anilines is 1. The number of amides is 2. The van der Waals surface area contributed by atoms with Crippen LogP contribution in [-0.4, -0.2) is 64.5 Å². The van der Waals surface area contributed by atoms with Gasteiger partial charge < -0.3 is 4.90 Å². The average molecular weight is 486 g/mol. The van der Waals surface area contributed by atoms with E-state index >= 15 is 0 Å². The maximum Gasteiger partial charge on any atom is 0.253 e. The highest BCUT2D eigenvalue weighted by molar-refractivity contribution is 9.10. The number of hydrogen-bond donors (Lipinski definition) is 1. The van der Waals surface area contributed by atoms with Gasteiger partial charge in [0.15, 0.2) is 0 Å². The van der Waals surface area contributed by atoms with Gasteiger partial charge in [-0.1, -0.05) is 63.7 Å². The predicted molar refractivity (Wildman–Crippen MR) is 120 cm³/mol. The molecule has 1 aliphatic rings. The van der Waals surface area contributed by atoms with E-state index in [1.54, 1.807) is 0 Å². The normalized spacial score (nSPS) is 14.5. The standard InChI is InChI=1S/C21H20BrN5O2S/c22-17-8-4-7-16(13-17)20(29)27-11-9-26(10-12-27)14-18(28)23-21-25-24-19(30-21)15-5-2-1-3-6-15/h1-8,13H,9-12,14H2,(H,23,25,28). The molecule has 154 valence electrons. The van der Waals surface area contributed by atoms with Crippen LogP contribution in [0, 0.1) is 0 Å². The van der Waals surface area contributed by atoms with Gasteiger partial charge in [0.1, 0.15) is 5.01 Å². The molecule has 1 aromatic heterocycles. The van der Waals surface area contributed by atoms with Crippen molar-refractivity contribution in [2.24, 2.45) is 0 Å². The van der Waals surface area contributed by atoms with E-state index in [0.717, 1.165) is 15.0 Å². The summed E-state index contributed by atoms with van der Waals surface area (Å²) in [6.07, 6.45) is 0. The Balaban J connectivity index is 1.26. The minimum absolute atomic E-state index is 0.0164. The van der Waals surface area contributed by atoms with Crippen LogP contribution in [-0.2, 0) is 4.79 Å². The molecular formula is C21H20BrN5O2S. The Hall–Kier alpha value is -2.62. The molecule has 2 amide bonds. The van der Waals surface area contributed by atoms with Crippen LogP contribution in [0.1, 0.15) is 10.4 Å². The Kier molecular flexibility index (Phi) is 6.51. The first-order valence-electron chi connectivity index (χ1n) is 9.54. The molecule has 1 fully saturated rings. The van der Waals surface area contributed by atoms with E-state index < -0.39 is 0 Å². The van der Waals surface area contributed by atoms with E-state index in [1.807, 2.05) is 64.4 Å². The number of piperazine rings is 1. The fraction of sp³-hybridized carbons (Fsp3) is 0.238. The number of carbonyl (C=O) groups excluding carboxylic acids is 2. The predicted octanol–water partition coefficient (Wildman–Crippen LogP) is 3.36. The summed E-state index contributed by atoms with van der Waals surface area (Å²) in [6, 6.07) is 17.1. The van der Waals surface area contributed by atoms with Crippen molar-refractivity contribution in [2.75, 3.05) is 38.0 Å². The summed E-state index contributed by atoms with van der Waals surface area (Å²) >= 11 is 4.75. The fourth-order valence-corrected chi connectivity index (χ4v) is 4.41. The highest BCUT2D eigenvalue weighted by atomic mass is 79.9. The first kappa shape index (κ1) is 20.6. The zero-order valence-electron chi connectivity index (χ0n) is 16.1. The molecule has 0 unspecified atom stereocenters. The monoisotopic (exact) mass is 485 g/mol. The lowest BCUT2D eigenvalue weighted by Crippen LogP contribution is -2.50. The van der Waals surface area contributed by atoms with Gasteiger partial charge in [0.2, 0.25) is 11.0 Å². The van der Waals surface area contributed by atoms with E-state index in [2.05, 4.69) is 31.4 Å². The van der Waals surface area contributed by atoms with Gasteiger partial charge in [0.05, 0.1) is 6.54 Å². The molecule has 4 rings (SSSR count). The summed E-state index contributed by atoms with van der Waals surface area (Å²) in [4.78, 5) is 28.9. The molecule has 1 aliphatic heterocycles. The number of nitrogens with zero attached hydrogens (tertiary/aromatic N) is 4. The third-order valence-electron chi connectivity index (χ3n) is 4.79. The summed E-state index contributed by atoms with van der Waals surface area (Å²) in [5.41, 5.74) is 1.64. The van der Waals surface area contributed by atoms with E-state index in [0.29, 0.717) is 36.9 Å². The van der Waals surface area contributed by atoms with Gasteiger partial charge in [0, 0.05) is 41.8 Å². The second-order valence-electron chi connectivity index (χ2n) is 6.91. The molecule has 0 atom stereocenters. The second kappa shape index (κ2) is 9.46. The number of nitrogens with one attached hydrogen (secondary N) is 1. The molecule has 2 heterocycles. The van der Waals surface area contributed by atoms with Crippen LogP contribution in [0.4, 0.5) is 5.13 Å². The van der Waals surface area contributed by atoms with Gasteiger partial charge in [-0.3, -0.25) is 19.8 Å². The number of carbonyl (C=O) groups is 2. The van der Waals surface area contributed by atoms with Crippen LogP contribution in [0.2, 0.25) is 0 Å². The Morgan fingerprint density at radius 2 is 1.77 bits per heavy atom. The maximum absolute atomic E-state index is 12.6. The van der Waals surface area contributed by atoms with Gasteiger partial charge in [-0.05, 0) is 18.2 Å². The zero-order valence-corrected chi connectivity index (χ0v) is 18.5. The fourth-order valence-electron chi connectivity index (χ4n) is 3.25. The molecule has 0 radical (unpaired) electrons. The van der Waals surface area contributed by atoms with E-state index in [-0.39, 0.29) is 18.4 Å². The van der Waals surface area contributed by atoms with Crippen molar-refractivity contribution in [1.29, 1.82) is 0 Å². The van der Waals surface area contributed by atoms with E-state index in [4.69, 9.17) is 0 Å². The number of halogens is 1. The minimum Gasteiger partial charge on any atom is -0.336 e. The largest absolute Gasteiger partial charge is 0.336 e. The van der Waals surface area contributed by atoms with Crippen molar-refractivity contribution in [3.63, 3.8) is 0 Å². The van der Waals surface area contributed by atoms with Crippen LogP contribution in [0.5, 0.6) is 0 Å². The van der Waals surface area contributed by atoms with Crippen molar-refractivity contribution in [2.45, 2.75) is 0 Å². The molecule has 7 nitrogen and oxygen atoms in total. The second-order valence-corrected chi connectivity index (χ2v) is 8.80. The molecule has 0 saturated carbocycles. The van der Waals surface area contributed by atoms with Crippen LogP contribution in [0.25, 0.3) is 10.6 Å². The molecule has 0 bridgehead atoms. The van der Waals surface area contributed by atoms with Gasteiger partial charge >= 0.3 is 0 Å². The van der Waals surface area contributed by atoms with Crippen molar-refractivity contribution < 1.29 is 9.59 Å². The van der Waals surface area contributed by atoms with Crippen molar-refractivity contribution >= 4 is 44.2 Å². The number of hydrogen-bond acceptors (Lipinski definition) is 6. The van der Waals surface area contributed by atoms with Crippen LogP contribution in [0.15, 0.2) is 59.1 Å². The average Bonchev–Trinajstić information content (AvgIpc) is 3.23. The highest BCUT2D eigenvalue weighted by Gasteiger charge is 2.23. The van der Waals surface area contributed by atoms with Crippen LogP contribution >= 0.6 is 27.3 Å². The molecule has 1 N–H and O–H groups in total. The minimum atomic E-state index is -0.127. The lowest BCUT2D eigenvalue weighted by Gasteiger charge is -2.34. The maximum atomic E-state index is 12.6. The summed E-state index contributed by atoms with van der Waals surface area (Å²) < 4.78 is 0.885. The lowest BCUT2D eigenvalue weighted by molar-refractivity contribution is -0.117. The van der Waals surface area contributed by atoms with Gasteiger partial charge in [-0.2, -0.15) is 0 Å². The Morgan fingerprint density at radius 1 is 1.00 bits per heavy atom. The smallest absolute Gasteiger partial charge is 0.253 e. The van der Waals surface area contributed by atoms with Crippen LogP contribution < -0.4 is 5.32 Å². The van der Waals surface area contributed by atoms with E-state index in [1.165, 1.54) is 11.3 Å². The summed E-state index contributed by atoms with van der Waals surface area (Å²) in [5, 5.41) is 12.3. The third kappa shape index (κ3) is 5.10. The number of rotatable bonds is 5. The summed E-state index contributed by atoms with van der Waals surface area (Å²) in [6.45, 7) is 2.75. The summed E-state index contributed by atoms with van der Waals surface area (Å²) in [5.74, 6) is -0.111. The van der Waals surface area contributed by atoms with E-state index in [9.17, 15) is 9.59 Å². The quantitative estimate of drug-likeness (QED) is 0.599. The highest BCUT2D eigenvalue weighted by Crippen LogP contribution is 2.25. The van der Waals surface area contributed by atoms with Crippen molar-refractivity contribution in [3.8, 4) is 10.6 Å². The molecule has 0 aliphatic carbocycles. The molecule has 9 heteroatoms. The molecule has 3 aromatic rings. The lowest BCUT2D eigenvalue weighted by atomic mass is 10.2. The molecule has 2 aromatic carbocycles. The third-order valence-corrected chi connectivity index (χ3v) is 6.17. The Labute approximate surface area is 186 Å². The topological polar surface area (TPSA) is 78.4 Å². The number of aromatic nitrogens is 2. The molecule has 1 saturated heterocycles. The summed E-state index contributed by atoms with van der Waals surface area (Å²) in [7, 11) is 0. The molecule has 0 spiro atoms. The molecular weight excluding hydrogens is 466 g/mol. The first-order valence-corrected chi connectivity index (χ1v) is 11.2. The Morgan fingerprint density at radius 3 is 2.50 bits per heavy atom. The number of benzene rings is 2. The SMILES string of the molecule is O=C(CN1CCN(C(=O)c2cccc(Br)c2)CC1)Nc1nnc(-c2ccccc2)s1. The zero-order chi connectivity index (χ0) is 20.9. The van der Waals surface area contributed by atoms with Gasteiger partial charge in [-0.15, -0.1) is 10.2 Å². The Bertz CT molecular complexity index is 1030. The van der Waals surface area contributed by atoms with Crippen molar-refractivity contribution in [3.05, 3.63) is 64.6 Å². The molecule has 30 heavy (non-hydrogen) atoms. The van der Waals surface area contributed by atoms with Gasteiger partial charge in [0.25, 0.3) is 5.91 Å². The van der Waals surface area contributed by atoms with Gasteiger partial charge in [-0.25, -0.2) is 0 Å². The first-order chi connectivity index (χ1) is 14.6. The van der Waals surface area contributed by atoms with Crippen molar-refractivity contribution in [1.82, 2.24) is 20.0 Å².